The number of guanidine groups is 1. The van der Waals surface area contributed by atoms with Gasteiger partial charge in [-0.1, -0.05) is 74.0 Å². The third kappa shape index (κ3) is 13.5. The fourth-order valence-corrected chi connectivity index (χ4v) is 7.90. The molecule has 64 heavy (non-hydrogen) atoms. The third-order valence-electron chi connectivity index (χ3n) is 11.1. The number of fused-ring (bicyclic) bond motifs is 2. The number of H-pyrrole nitrogens is 1. The van der Waals surface area contributed by atoms with Crippen molar-refractivity contribution in [3.63, 3.8) is 0 Å². The second-order valence-corrected chi connectivity index (χ2v) is 16.5. The van der Waals surface area contributed by atoms with Crippen LogP contribution in [-0.4, -0.2) is 89.2 Å². The minimum Gasteiger partial charge on any atom is -0.491 e. The Kier molecular flexibility index (Phi) is 17.3. The van der Waals surface area contributed by atoms with Crippen molar-refractivity contribution >= 4 is 52.3 Å². The van der Waals surface area contributed by atoms with E-state index < -0.39 is 59.7 Å². The van der Waals surface area contributed by atoms with Gasteiger partial charge in [-0.2, -0.15) is 0 Å². The first-order valence-electron chi connectivity index (χ1n) is 21.9. The molecule has 5 rings (SSSR count). The molecule has 0 bridgehead atoms. The van der Waals surface area contributed by atoms with E-state index in [0.717, 1.165) is 45.3 Å². The number of nitrogens with two attached hydrogens (primary N) is 3. The lowest BCUT2D eigenvalue weighted by Crippen LogP contribution is -2.65. The SMILES string of the molecule is CCCCC(=O)N[C@@]1(C(=O)N[C@H](Cc2ccccc2)C(=O)N[C@@H](CCCN=C(N)N)C(=O)N[C@@H](Cc2c[nH]c3ccccc23)C(=O)NCC(N)=O)CCc2c(cccc2OC(C)C)C1. The molecule has 0 aliphatic heterocycles. The first-order chi connectivity index (χ1) is 30.7. The molecule has 0 unspecified atom stereocenters. The predicted molar refractivity (Wildman–Crippen MR) is 245 cm³/mol. The zero-order valence-corrected chi connectivity index (χ0v) is 36.8. The van der Waals surface area contributed by atoms with Gasteiger partial charge in [0, 0.05) is 49.3 Å². The Morgan fingerprint density at radius 2 is 1.52 bits per heavy atom. The van der Waals surface area contributed by atoms with E-state index in [0.29, 0.717) is 12.8 Å². The molecule has 1 heterocycles. The number of aromatic nitrogens is 1. The van der Waals surface area contributed by atoms with Crippen LogP contribution in [0.25, 0.3) is 10.9 Å². The summed E-state index contributed by atoms with van der Waals surface area (Å²) >= 11 is 0. The second-order valence-electron chi connectivity index (χ2n) is 16.5. The smallest absolute Gasteiger partial charge is 0.246 e. The Hall–Kier alpha value is -6.91. The van der Waals surface area contributed by atoms with Crippen LogP contribution < -0.4 is 48.5 Å². The maximum Gasteiger partial charge on any atom is 0.246 e. The molecule has 1 aliphatic carbocycles. The van der Waals surface area contributed by atoms with Crippen molar-refractivity contribution in [2.45, 2.75) is 115 Å². The van der Waals surface area contributed by atoms with E-state index in [4.69, 9.17) is 21.9 Å². The number of amides is 6. The van der Waals surface area contributed by atoms with Gasteiger partial charge in [0.05, 0.1) is 12.6 Å². The molecule has 0 saturated carbocycles. The highest BCUT2D eigenvalue weighted by Gasteiger charge is 2.45. The summed E-state index contributed by atoms with van der Waals surface area (Å²) in [5, 5.41) is 15.0. The molecule has 0 fully saturated rings. The van der Waals surface area contributed by atoms with Crippen LogP contribution in [0, 0.1) is 0 Å². The summed E-state index contributed by atoms with van der Waals surface area (Å²) < 4.78 is 6.11. The van der Waals surface area contributed by atoms with Crippen LogP contribution in [0.3, 0.4) is 0 Å². The number of hydrogen-bond acceptors (Lipinski definition) is 8. The van der Waals surface area contributed by atoms with Crippen LogP contribution in [0.1, 0.15) is 81.5 Å². The Morgan fingerprint density at radius 3 is 2.23 bits per heavy atom. The molecule has 1 aromatic heterocycles. The number of aliphatic imine (C=N–C) groups is 1. The minimum atomic E-state index is -1.41. The van der Waals surface area contributed by atoms with Crippen LogP contribution in [-0.2, 0) is 54.5 Å². The number of hydrogen-bond donors (Lipinski definition) is 9. The maximum absolute atomic E-state index is 14.8. The van der Waals surface area contributed by atoms with Crippen molar-refractivity contribution in [1.29, 1.82) is 0 Å². The predicted octanol–water partition coefficient (Wildman–Crippen LogP) is 2.08. The molecule has 4 atom stereocenters. The summed E-state index contributed by atoms with van der Waals surface area (Å²) in [7, 11) is 0. The van der Waals surface area contributed by atoms with Gasteiger partial charge in [0.1, 0.15) is 29.4 Å². The van der Waals surface area contributed by atoms with Crippen molar-refractivity contribution in [2.75, 3.05) is 13.1 Å². The van der Waals surface area contributed by atoms with E-state index in [2.05, 4.69) is 36.6 Å². The summed E-state index contributed by atoms with van der Waals surface area (Å²) in [4.78, 5) is 89.6. The topological polar surface area (TPSA) is 278 Å². The standard InChI is InChI=1S/C47H62N10O7/c1-4-5-20-41(59)57-47(22-21-34-31(26-47)15-11-19-39(34)64-29(2)3)45(63)56-37(24-30-13-7-6-8-14-30)44(62)54-36(18-12-23-51-46(49)50)43(61)55-38(42(60)53-28-40(48)58)25-32-27-52-35-17-10-9-16-33(32)35/h6-11,13-17,19,27,29,36-38,52H,4-5,12,18,20-26,28H2,1-3H3,(H2,48,58)(H,53,60)(H,54,62)(H,55,61)(H,56,63)(H,57,59)(H4,49,50,51)/t36-,37+,38-,47-/m0/s1. The van der Waals surface area contributed by atoms with Crippen molar-refractivity contribution < 1.29 is 33.5 Å². The van der Waals surface area contributed by atoms with Crippen LogP contribution in [0.15, 0.2) is 84.0 Å². The molecule has 17 heteroatoms. The van der Waals surface area contributed by atoms with E-state index in [-0.39, 0.29) is 69.5 Å². The Morgan fingerprint density at radius 1 is 0.812 bits per heavy atom. The number of unbranched alkanes of at least 4 members (excludes halogenated alkanes) is 1. The monoisotopic (exact) mass is 878 g/mol. The number of carbonyl (C=O) groups is 6. The largest absolute Gasteiger partial charge is 0.491 e. The maximum atomic E-state index is 14.8. The molecular weight excluding hydrogens is 817 g/mol. The van der Waals surface area contributed by atoms with Gasteiger partial charge in [-0.3, -0.25) is 33.8 Å². The quantitative estimate of drug-likeness (QED) is 0.0299. The zero-order chi connectivity index (χ0) is 46.2. The molecule has 12 N–H and O–H groups in total. The zero-order valence-electron chi connectivity index (χ0n) is 36.8. The summed E-state index contributed by atoms with van der Waals surface area (Å²) in [6, 6.07) is 18.6. The Bertz CT molecular complexity index is 2290. The number of carbonyl (C=O) groups excluding carboxylic acids is 6. The van der Waals surface area contributed by atoms with Crippen molar-refractivity contribution in [1.82, 2.24) is 31.6 Å². The number of nitrogens with one attached hydrogen (secondary N) is 6. The van der Waals surface area contributed by atoms with E-state index in [1.807, 2.05) is 93.6 Å². The molecule has 1 aliphatic rings. The molecule has 0 radical (unpaired) electrons. The molecule has 6 amide bonds. The van der Waals surface area contributed by atoms with E-state index in [1.54, 1.807) is 6.20 Å². The molecule has 3 aromatic carbocycles. The Labute approximate surface area is 373 Å². The van der Waals surface area contributed by atoms with Crippen LogP contribution in [0.5, 0.6) is 5.75 Å². The molecule has 4 aromatic rings. The molecule has 342 valence electrons. The lowest BCUT2D eigenvalue weighted by atomic mass is 9.76. The average Bonchev–Trinajstić information content (AvgIpc) is 3.67. The van der Waals surface area contributed by atoms with Crippen molar-refractivity contribution in [3.8, 4) is 5.75 Å². The number of ether oxygens (including phenoxy) is 1. The van der Waals surface area contributed by atoms with E-state index in [9.17, 15) is 28.8 Å². The van der Waals surface area contributed by atoms with E-state index in [1.165, 1.54) is 0 Å². The van der Waals surface area contributed by atoms with Gasteiger partial charge >= 0.3 is 0 Å². The van der Waals surface area contributed by atoms with Gasteiger partial charge in [0.2, 0.25) is 35.4 Å². The first-order valence-corrected chi connectivity index (χ1v) is 21.9. The number of nitrogens with zero attached hydrogens (tertiary/aromatic N) is 1. The highest BCUT2D eigenvalue weighted by atomic mass is 16.5. The summed E-state index contributed by atoms with van der Waals surface area (Å²) in [5.41, 5.74) is 19.1. The number of primary amides is 1. The first kappa shape index (κ1) is 48.1. The van der Waals surface area contributed by atoms with Crippen molar-refractivity contribution in [2.24, 2.45) is 22.2 Å². The molecule has 0 saturated heterocycles. The number of aromatic amines is 1. The lowest BCUT2D eigenvalue weighted by molar-refractivity contribution is -0.137. The van der Waals surface area contributed by atoms with Gasteiger partial charge in [0.15, 0.2) is 5.96 Å². The van der Waals surface area contributed by atoms with Gasteiger partial charge in [-0.15, -0.1) is 0 Å². The molecular formula is C47H62N10O7. The number of rotatable bonds is 23. The fraction of sp³-hybridized carbons (Fsp3) is 0.426. The average molecular weight is 879 g/mol. The van der Waals surface area contributed by atoms with Gasteiger partial charge < -0.3 is 53.5 Å². The van der Waals surface area contributed by atoms with E-state index >= 15 is 0 Å². The molecule has 17 nitrogen and oxygen atoms in total. The van der Waals surface area contributed by atoms with Crippen LogP contribution >= 0.6 is 0 Å². The second kappa shape index (κ2) is 23.0. The van der Waals surface area contributed by atoms with Crippen LogP contribution in [0.4, 0.5) is 0 Å². The third-order valence-corrected chi connectivity index (χ3v) is 11.1. The highest BCUT2D eigenvalue weighted by Crippen LogP contribution is 2.35. The fourth-order valence-electron chi connectivity index (χ4n) is 7.90. The van der Waals surface area contributed by atoms with Gasteiger partial charge in [-0.25, -0.2) is 0 Å². The Balaban J connectivity index is 1.45. The summed E-state index contributed by atoms with van der Waals surface area (Å²) in [6.07, 6.45) is 4.50. The number of para-hydroxylation sites is 1. The van der Waals surface area contributed by atoms with Gasteiger partial charge in [0.25, 0.3) is 0 Å². The van der Waals surface area contributed by atoms with Gasteiger partial charge in [-0.05, 0) is 80.3 Å². The van der Waals surface area contributed by atoms with Crippen LogP contribution in [0.2, 0.25) is 0 Å². The number of benzene rings is 3. The lowest BCUT2D eigenvalue weighted by Gasteiger charge is -2.39. The molecule has 0 spiro atoms. The summed E-state index contributed by atoms with van der Waals surface area (Å²) in [5.74, 6) is -3.08. The summed E-state index contributed by atoms with van der Waals surface area (Å²) in [6.45, 7) is 5.54. The highest BCUT2D eigenvalue weighted by molar-refractivity contribution is 5.98. The normalized spacial score (nSPS) is 15.8. The van der Waals surface area contributed by atoms with Crippen molar-refractivity contribution in [3.05, 3.63) is 101 Å². The minimum absolute atomic E-state index is 0.0297.